The molecule has 1 saturated carbocycles. The second-order valence-corrected chi connectivity index (χ2v) is 8.23. The topological polar surface area (TPSA) is 65.9 Å². The standard InChI is InChI=1S/C23H22N2O2S/c1-2-3-12-27-17-8-6-15(7-9-17)20-13-18(19(14-24)23(26)25-20)22-11-10-21(28-22)16-4-5-16/h6-11,13,16H,2-5,12H2,1H3,(H,25,26). The van der Waals surface area contributed by atoms with Crippen LogP contribution in [-0.2, 0) is 0 Å². The summed E-state index contributed by atoms with van der Waals surface area (Å²) in [6, 6.07) is 15.8. The van der Waals surface area contributed by atoms with Crippen LogP contribution in [0, 0.1) is 11.3 Å². The highest BCUT2D eigenvalue weighted by atomic mass is 32.1. The number of thiophene rings is 1. The third-order valence-electron chi connectivity index (χ3n) is 4.95. The van der Waals surface area contributed by atoms with E-state index in [9.17, 15) is 10.1 Å². The number of aromatic amines is 1. The molecule has 0 radical (unpaired) electrons. The molecule has 0 unspecified atom stereocenters. The van der Waals surface area contributed by atoms with Crippen LogP contribution in [-0.4, -0.2) is 11.6 Å². The molecule has 1 N–H and O–H groups in total. The number of benzene rings is 1. The van der Waals surface area contributed by atoms with E-state index in [0.29, 0.717) is 23.8 Å². The van der Waals surface area contributed by atoms with Gasteiger partial charge in [-0.1, -0.05) is 13.3 Å². The molecule has 0 atom stereocenters. The van der Waals surface area contributed by atoms with Crippen molar-refractivity contribution in [3.63, 3.8) is 0 Å². The summed E-state index contributed by atoms with van der Waals surface area (Å²) in [6.07, 6.45) is 4.59. The Morgan fingerprint density at radius 2 is 2.00 bits per heavy atom. The number of nitrogens with one attached hydrogen (secondary N) is 1. The van der Waals surface area contributed by atoms with E-state index in [4.69, 9.17) is 4.74 Å². The third kappa shape index (κ3) is 3.88. The Balaban J connectivity index is 1.67. The van der Waals surface area contributed by atoms with Gasteiger partial charge in [-0.3, -0.25) is 4.79 Å². The molecule has 4 nitrogen and oxygen atoms in total. The minimum absolute atomic E-state index is 0.174. The summed E-state index contributed by atoms with van der Waals surface area (Å²) in [4.78, 5) is 17.7. The molecule has 0 saturated heterocycles. The third-order valence-corrected chi connectivity index (χ3v) is 6.23. The number of hydrogen-bond acceptors (Lipinski definition) is 4. The van der Waals surface area contributed by atoms with E-state index in [1.807, 2.05) is 36.4 Å². The molecule has 1 aromatic carbocycles. The van der Waals surface area contributed by atoms with Crippen LogP contribution in [0.4, 0.5) is 0 Å². The van der Waals surface area contributed by atoms with E-state index in [1.54, 1.807) is 11.3 Å². The van der Waals surface area contributed by atoms with Gasteiger partial charge in [-0.2, -0.15) is 5.26 Å². The van der Waals surface area contributed by atoms with Crippen LogP contribution in [0.1, 0.15) is 49.0 Å². The first-order valence-corrected chi connectivity index (χ1v) is 10.5. The van der Waals surface area contributed by atoms with Gasteiger partial charge in [-0.15, -0.1) is 11.3 Å². The lowest BCUT2D eigenvalue weighted by Crippen LogP contribution is -2.12. The number of H-pyrrole nitrogens is 1. The smallest absolute Gasteiger partial charge is 0.267 e. The van der Waals surface area contributed by atoms with Gasteiger partial charge in [0.05, 0.1) is 6.61 Å². The summed E-state index contributed by atoms with van der Waals surface area (Å²) in [5.41, 5.74) is 2.14. The van der Waals surface area contributed by atoms with Crippen LogP contribution >= 0.6 is 11.3 Å². The number of nitrogens with zero attached hydrogens (tertiary/aromatic N) is 1. The Labute approximate surface area is 168 Å². The maximum absolute atomic E-state index is 12.5. The highest BCUT2D eigenvalue weighted by Gasteiger charge is 2.25. The summed E-state index contributed by atoms with van der Waals surface area (Å²) in [7, 11) is 0. The first kappa shape index (κ1) is 18.5. The molecule has 3 aromatic rings. The molecule has 4 rings (SSSR count). The van der Waals surface area contributed by atoms with Crippen molar-refractivity contribution in [1.29, 1.82) is 5.26 Å². The molecule has 0 amide bonds. The first-order valence-electron chi connectivity index (χ1n) is 9.70. The van der Waals surface area contributed by atoms with E-state index in [0.717, 1.165) is 29.0 Å². The Bertz CT molecular complexity index is 1070. The molecule has 0 spiro atoms. The molecule has 2 heterocycles. The van der Waals surface area contributed by atoms with E-state index >= 15 is 0 Å². The fourth-order valence-electron chi connectivity index (χ4n) is 3.17. The molecule has 0 aliphatic heterocycles. The monoisotopic (exact) mass is 390 g/mol. The second-order valence-electron chi connectivity index (χ2n) is 7.12. The van der Waals surface area contributed by atoms with Crippen molar-refractivity contribution in [2.75, 3.05) is 6.61 Å². The van der Waals surface area contributed by atoms with Crippen LogP contribution in [0.3, 0.4) is 0 Å². The zero-order valence-electron chi connectivity index (χ0n) is 15.8. The average Bonchev–Trinajstić information content (AvgIpc) is 3.45. The number of ether oxygens (including phenoxy) is 1. The molecule has 1 aliphatic rings. The molecule has 1 aliphatic carbocycles. The summed E-state index contributed by atoms with van der Waals surface area (Å²) < 4.78 is 5.71. The van der Waals surface area contributed by atoms with Gasteiger partial charge in [0, 0.05) is 21.0 Å². The molecule has 1 fully saturated rings. The number of unbranched alkanes of at least 4 members (excludes halogenated alkanes) is 1. The summed E-state index contributed by atoms with van der Waals surface area (Å²) in [5, 5.41) is 9.51. The van der Waals surface area contributed by atoms with E-state index in [-0.39, 0.29) is 11.1 Å². The number of pyridine rings is 1. The lowest BCUT2D eigenvalue weighted by atomic mass is 10.0. The van der Waals surface area contributed by atoms with Gasteiger partial charge < -0.3 is 9.72 Å². The molecular formula is C23H22N2O2S. The summed E-state index contributed by atoms with van der Waals surface area (Å²) >= 11 is 1.69. The highest BCUT2D eigenvalue weighted by Crippen LogP contribution is 2.45. The van der Waals surface area contributed by atoms with Crippen LogP contribution in [0.15, 0.2) is 47.3 Å². The largest absolute Gasteiger partial charge is 0.494 e. The fraction of sp³-hybridized carbons (Fsp3) is 0.304. The molecule has 142 valence electrons. The van der Waals surface area contributed by atoms with Gasteiger partial charge in [0.25, 0.3) is 5.56 Å². The van der Waals surface area contributed by atoms with Gasteiger partial charge in [0.1, 0.15) is 17.4 Å². The van der Waals surface area contributed by atoms with E-state index in [2.05, 4.69) is 24.0 Å². The zero-order valence-corrected chi connectivity index (χ0v) is 16.6. The van der Waals surface area contributed by atoms with Crippen LogP contribution < -0.4 is 10.3 Å². The minimum atomic E-state index is -0.348. The normalized spacial score (nSPS) is 13.3. The molecule has 0 bridgehead atoms. The van der Waals surface area contributed by atoms with Gasteiger partial charge in [0.15, 0.2) is 0 Å². The maximum Gasteiger partial charge on any atom is 0.267 e. The Kier molecular flexibility index (Phi) is 5.31. The molecule has 5 heteroatoms. The van der Waals surface area contributed by atoms with Crippen molar-refractivity contribution in [3.05, 3.63) is 63.3 Å². The lowest BCUT2D eigenvalue weighted by Gasteiger charge is -2.09. The number of hydrogen-bond donors (Lipinski definition) is 1. The number of nitriles is 1. The summed E-state index contributed by atoms with van der Waals surface area (Å²) in [5.74, 6) is 1.48. The predicted molar refractivity (Wildman–Crippen MR) is 113 cm³/mol. The average molecular weight is 391 g/mol. The zero-order chi connectivity index (χ0) is 19.5. The molecule has 28 heavy (non-hydrogen) atoms. The number of rotatable bonds is 7. The Hall–Kier alpha value is -2.84. The van der Waals surface area contributed by atoms with Crippen LogP contribution in [0.25, 0.3) is 21.7 Å². The van der Waals surface area contributed by atoms with Gasteiger partial charge in [-0.25, -0.2) is 0 Å². The second kappa shape index (κ2) is 8.04. The molecule has 2 aromatic heterocycles. The van der Waals surface area contributed by atoms with Gasteiger partial charge in [0.2, 0.25) is 0 Å². The first-order chi connectivity index (χ1) is 13.7. The predicted octanol–water partition coefficient (Wildman–Crippen LogP) is 5.70. The van der Waals surface area contributed by atoms with E-state index in [1.165, 1.54) is 17.7 Å². The van der Waals surface area contributed by atoms with Crippen molar-refractivity contribution >= 4 is 11.3 Å². The maximum atomic E-state index is 12.5. The van der Waals surface area contributed by atoms with Crippen molar-refractivity contribution in [1.82, 2.24) is 4.98 Å². The van der Waals surface area contributed by atoms with Crippen molar-refractivity contribution in [2.45, 2.75) is 38.5 Å². The van der Waals surface area contributed by atoms with Gasteiger partial charge >= 0.3 is 0 Å². The van der Waals surface area contributed by atoms with Crippen LogP contribution in [0.2, 0.25) is 0 Å². The summed E-state index contributed by atoms with van der Waals surface area (Å²) in [6.45, 7) is 2.84. The minimum Gasteiger partial charge on any atom is -0.494 e. The number of aromatic nitrogens is 1. The highest BCUT2D eigenvalue weighted by molar-refractivity contribution is 7.15. The quantitative estimate of drug-likeness (QED) is 0.526. The SMILES string of the molecule is CCCCOc1ccc(-c2cc(-c3ccc(C4CC4)s3)c(C#N)c(=O)[nH]2)cc1. The van der Waals surface area contributed by atoms with Crippen molar-refractivity contribution in [3.8, 4) is 33.5 Å². The Morgan fingerprint density at radius 3 is 2.68 bits per heavy atom. The Morgan fingerprint density at radius 1 is 1.21 bits per heavy atom. The van der Waals surface area contributed by atoms with Crippen molar-refractivity contribution < 1.29 is 4.74 Å². The van der Waals surface area contributed by atoms with E-state index < -0.39 is 0 Å². The lowest BCUT2D eigenvalue weighted by molar-refractivity contribution is 0.309. The van der Waals surface area contributed by atoms with Crippen LogP contribution in [0.5, 0.6) is 5.75 Å². The van der Waals surface area contributed by atoms with Gasteiger partial charge in [-0.05, 0) is 73.2 Å². The fourth-order valence-corrected chi connectivity index (χ4v) is 4.37. The molecular weight excluding hydrogens is 368 g/mol. The van der Waals surface area contributed by atoms with Crippen molar-refractivity contribution in [2.24, 2.45) is 0 Å².